The van der Waals surface area contributed by atoms with Crippen LogP contribution < -0.4 is 0 Å². The molecule has 0 aliphatic carbocycles. The van der Waals surface area contributed by atoms with Crippen LogP contribution in [-0.2, 0) is 6.54 Å². The number of halogens is 1. The van der Waals surface area contributed by atoms with E-state index in [1.807, 2.05) is 19.1 Å². The van der Waals surface area contributed by atoms with E-state index in [1.54, 1.807) is 6.07 Å². The zero-order valence-electron chi connectivity index (χ0n) is 9.94. The van der Waals surface area contributed by atoms with Crippen LogP contribution in [0, 0.1) is 11.3 Å². The minimum atomic E-state index is -0.125. The average molecular weight is 248 g/mol. The summed E-state index contributed by atoms with van der Waals surface area (Å²) in [6.07, 6.45) is 1.01. The van der Waals surface area contributed by atoms with Crippen LogP contribution in [0.25, 0.3) is 11.0 Å². The number of nitriles is 1. The highest BCUT2D eigenvalue weighted by Gasteiger charge is 2.14. The van der Waals surface area contributed by atoms with E-state index in [1.165, 1.54) is 0 Å². The van der Waals surface area contributed by atoms with Crippen LogP contribution in [0.1, 0.15) is 37.0 Å². The van der Waals surface area contributed by atoms with E-state index >= 15 is 0 Å². The third-order valence-electron chi connectivity index (χ3n) is 2.71. The lowest BCUT2D eigenvalue weighted by molar-refractivity contribution is 0.654. The number of hydrogen-bond acceptors (Lipinski definition) is 2. The molecule has 1 heterocycles. The Morgan fingerprint density at radius 1 is 1.53 bits per heavy atom. The van der Waals surface area contributed by atoms with Gasteiger partial charge in [-0.25, -0.2) is 4.98 Å². The fourth-order valence-electron chi connectivity index (χ4n) is 1.97. The molecule has 0 spiro atoms. The molecule has 0 aliphatic heterocycles. The Morgan fingerprint density at radius 2 is 2.29 bits per heavy atom. The van der Waals surface area contributed by atoms with E-state index in [0.717, 1.165) is 29.8 Å². The lowest BCUT2D eigenvalue weighted by Crippen LogP contribution is -2.03. The Hall–Kier alpha value is -1.53. The molecule has 0 saturated carbocycles. The number of imidazole rings is 1. The van der Waals surface area contributed by atoms with Crippen molar-refractivity contribution in [2.75, 3.05) is 0 Å². The maximum absolute atomic E-state index is 8.93. The molecule has 2 aromatic rings. The number of aryl methyl sites for hydroxylation is 1. The van der Waals surface area contributed by atoms with Crippen molar-refractivity contribution in [1.82, 2.24) is 9.55 Å². The van der Waals surface area contributed by atoms with Gasteiger partial charge >= 0.3 is 0 Å². The van der Waals surface area contributed by atoms with Crippen LogP contribution in [0.3, 0.4) is 0 Å². The largest absolute Gasteiger partial charge is 0.327 e. The Morgan fingerprint density at radius 3 is 2.88 bits per heavy atom. The van der Waals surface area contributed by atoms with Crippen molar-refractivity contribution < 1.29 is 0 Å². The van der Waals surface area contributed by atoms with Crippen LogP contribution in [0.4, 0.5) is 0 Å². The molecule has 1 atom stereocenters. The molecule has 4 heteroatoms. The summed E-state index contributed by atoms with van der Waals surface area (Å²) in [7, 11) is 0. The first kappa shape index (κ1) is 11.9. The number of benzene rings is 1. The Balaban J connectivity index is 2.68. The number of hydrogen-bond donors (Lipinski definition) is 0. The van der Waals surface area contributed by atoms with Crippen LogP contribution in [0.5, 0.6) is 0 Å². The highest BCUT2D eigenvalue weighted by atomic mass is 35.5. The van der Waals surface area contributed by atoms with Crippen LogP contribution >= 0.6 is 11.6 Å². The first-order chi connectivity index (χ1) is 8.17. The van der Waals surface area contributed by atoms with Gasteiger partial charge in [0.2, 0.25) is 0 Å². The molecular weight excluding hydrogens is 234 g/mol. The van der Waals surface area contributed by atoms with Crippen molar-refractivity contribution in [2.24, 2.45) is 0 Å². The Kier molecular flexibility index (Phi) is 3.35. The fraction of sp³-hybridized carbons (Fsp3) is 0.385. The maximum Gasteiger partial charge on any atom is 0.127 e. The summed E-state index contributed by atoms with van der Waals surface area (Å²) in [4.78, 5) is 4.53. The highest BCUT2D eigenvalue weighted by Crippen LogP contribution is 2.25. The van der Waals surface area contributed by atoms with E-state index in [2.05, 4.69) is 22.5 Å². The highest BCUT2D eigenvalue weighted by molar-refractivity contribution is 6.20. The molecule has 88 valence electrons. The van der Waals surface area contributed by atoms with Gasteiger partial charge in [0.05, 0.1) is 28.0 Å². The van der Waals surface area contributed by atoms with E-state index in [4.69, 9.17) is 16.9 Å². The van der Waals surface area contributed by atoms with Gasteiger partial charge in [-0.15, -0.1) is 11.6 Å². The summed E-state index contributed by atoms with van der Waals surface area (Å²) in [5, 5.41) is 8.80. The van der Waals surface area contributed by atoms with Gasteiger partial charge in [-0.05, 0) is 31.5 Å². The van der Waals surface area contributed by atoms with Gasteiger partial charge < -0.3 is 4.57 Å². The second kappa shape index (κ2) is 4.77. The third kappa shape index (κ3) is 2.13. The summed E-state index contributed by atoms with van der Waals surface area (Å²) >= 11 is 6.14. The molecule has 0 radical (unpaired) electrons. The van der Waals surface area contributed by atoms with Crippen molar-refractivity contribution in [3.05, 3.63) is 29.6 Å². The van der Waals surface area contributed by atoms with Gasteiger partial charge in [0, 0.05) is 6.54 Å². The number of alkyl halides is 1. The predicted octanol–water partition coefficient (Wildman–Crippen LogP) is 3.62. The molecule has 1 aromatic carbocycles. The minimum absolute atomic E-state index is 0.125. The second-order valence-electron chi connectivity index (χ2n) is 4.05. The van der Waals surface area contributed by atoms with Gasteiger partial charge in [0.25, 0.3) is 0 Å². The first-order valence-corrected chi connectivity index (χ1v) is 6.15. The van der Waals surface area contributed by atoms with Crippen LogP contribution in [0.15, 0.2) is 18.2 Å². The molecule has 1 unspecified atom stereocenters. The van der Waals surface area contributed by atoms with E-state index < -0.39 is 0 Å². The molecule has 0 saturated heterocycles. The van der Waals surface area contributed by atoms with E-state index in [9.17, 15) is 0 Å². The second-order valence-corrected chi connectivity index (χ2v) is 4.71. The molecule has 0 bridgehead atoms. The standard InChI is InChI=1S/C13H14ClN3/c1-3-6-17-12-7-10(8-15)4-5-11(12)16-13(17)9(2)14/h4-5,7,9H,3,6H2,1-2H3. The SMILES string of the molecule is CCCn1c(C(C)Cl)nc2ccc(C#N)cc21. The minimum Gasteiger partial charge on any atom is -0.327 e. The lowest BCUT2D eigenvalue weighted by atomic mass is 10.2. The summed E-state index contributed by atoms with van der Waals surface area (Å²) in [6, 6.07) is 7.69. The molecule has 1 aromatic heterocycles. The molecule has 3 nitrogen and oxygen atoms in total. The molecular formula is C13H14ClN3. The summed E-state index contributed by atoms with van der Waals surface area (Å²) in [5.74, 6) is 0.874. The van der Waals surface area contributed by atoms with E-state index in [-0.39, 0.29) is 5.38 Å². The fourth-order valence-corrected chi connectivity index (χ4v) is 2.14. The molecule has 17 heavy (non-hydrogen) atoms. The van der Waals surface area contributed by atoms with Gasteiger partial charge in [-0.2, -0.15) is 5.26 Å². The van der Waals surface area contributed by atoms with Gasteiger partial charge in [0.1, 0.15) is 5.82 Å². The summed E-state index contributed by atoms with van der Waals surface area (Å²) in [5.41, 5.74) is 2.55. The zero-order chi connectivity index (χ0) is 12.4. The van der Waals surface area contributed by atoms with Gasteiger partial charge in [0.15, 0.2) is 0 Å². The zero-order valence-corrected chi connectivity index (χ0v) is 10.7. The number of aromatic nitrogens is 2. The number of rotatable bonds is 3. The quantitative estimate of drug-likeness (QED) is 0.778. The molecule has 0 aliphatic rings. The number of nitrogens with zero attached hydrogens (tertiary/aromatic N) is 3. The topological polar surface area (TPSA) is 41.6 Å². The van der Waals surface area contributed by atoms with Crippen molar-refractivity contribution >= 4 is 22.6 Å². The maximum atomic E-state index is 8.93. The van der Waals surface area contributed by atoms with Crippen LogP contribution in [0.2, 0.25) is 0 Å². The van der Waals surface area contributed by atoms with Crippen molar-refractivity contribution in [1.29, 1.82) is 5.26 Å². The van der Waals surface area contributed by atoms with Crippen molar-refractivity contribution in [3.63, 3.8) is 0 Å². The molecule has 2 rings (SSSR count). The van der Waals surface area contributed by atoms with E-state index in [0.29, 0.717) is 5.56 Å². The van der Waals surface area contributed by atoms with Gasteiger partial charge in [-0.3, -0.25) is 0 Å². The normalized spacial score (nSPS) is 12.6. The molecule has 0 N–H and O–H groups in total. The third-order valence-corrected chi connectivity index (χ3v) is 2.91. The Labute approximate surface area is 106 Å². The molecule has 0 fully saturated rings. The predicted molar refractivity (Wildman–Crippen MR) is 69.0 cm³/mol. The smallest absolute Gasteiger partial charge is 0.127 e. The van der Waals surface area contributed by atoms with Crippen LogP contribution in [-0.4, -0.2) is 9.55 Å². The average Bonchev–Trinajstić information content (AvgIpc) is 2.68. The number of fused-ring (bicyclic) bond motifs is 1. The monoisotopic (exact) mass is 247 g/mol. The first-order valence-electron chi connectivity index (χ1n) is 5.71. The summed E-state index contributed by atoms with van der Waals surface area (Å²) < 4.78 is 2.10. The lowest BCUT2D eigenvalue weighted by Gasteiger charge is -2.08. The van der Waals surface area contributed by atoms with Gasteiger partial charge in [-0.1, -0.05) is 6.92 Å². The van der Waals surface area contributed by atoms with Crippen molar-refractivity contribution in [2.45, 2.75) is 32.2 Å². The Bertz CT molecular complexity index is 578. The molecule has 0 amide bonds. The summed E-state index contributed by atoms with van der Waals surface area (Å²) in [6.45, 7) is 4.90. The van der Waals surface area contributed by atoms with Crippen molar-refractivity contribution in [3.8, 4) is 6.07 Å².